The summed E-state index contributed by atoms with van der Waals surface area (Å²) in [6.45, 7) is 5.14. The molecule has 5 heteroatoms. The molecule has 0 radical (unpaired) electrons. The van der Waals surface area contributed by atoms with Gasteiger partial charge in [0.2, 0.25) is 0 Å². The predicted octanol–water partition coefficient (Wildman–Crippen LogP) is 2.64. The van der Waals surface area contributed by atoms with E-state index in [2.05, 4.69) is 6.07 Å². The van der Waals surface area contributed by atoms with Crippen molar-refractivity contribution in [3.05, 3.63) is 33.9 Å². The number of benzene rings is 1. The Bertz CT molecular complexity index is 452. The molecule has 1 rings (SSSR count). The molecule has 0 spiro atoms. The molecule has 0 unspecified atom stereocenters. The van der Waals surface area contributed by atoms with Crippen LogP contribution in [0.2, 0.25) is 0 Å². The molecule has 0 aliphatic heterocycles. The Kier molecular flexibility index (Phi) is 4.46. The second-order valence-corrected chi connectivity index (χ2v) is 3.72. The van der Waals surface area contributed by atoms with E-state index in [0.29, 0.717) is 18.5 Å². The Balaban J connectivity index is 2.95. The first-order valence-electron chi connectivity index (χ1n) is 5.47. The second kappa shape index (κ2) is 5.85. The summed E-state index contributed by atoms with van der Waals surface area (Å²) in [7, 11) is 0. The molecule has 0 saturated carbocycles. The lowest BCUT2D eigenvalue weighted by Gasteiger charge is -2.22. The predicted molar refractivity (Wildman–Crippen MR) is 66.0 cm³/mol. The summed E-state index contributed by atoms with van der Waals surface area (Å²) in [6, 6.07) is 7.13. The van der Waals surface area contributed by atoms with Crippen molar-refractivity contribution in [2.45, 2.75) is 20.3 Å². The van der Waals surface area contributed by atoms with E-state index in [1.54, 1.807) is 19.1 Å². The van der Waals surface area contributed by atoms with Gasteiger partial charge in [-0.25, -0.2) is 0 Å². The fraction of sp³-hybridized carbons (Fsp3) is 0.417. The van der Waals surface area contributed by atoms with E-state index >= 15 is 0 Å². The van der Waals surface area contributed by atoms with Crippen LogP contribution in [-0.4, -0.2) is 18.0 Å². The average molecular weight is 233 g/mol. The van der Waals surface area contributed by atoms with E-state index in [1.165, 1.54) is 6.07 Å². The van der Waals surface area contributed by atoms with Gasteiger partial charge in [0.25, 0.3) is 5.69 Å². The van der Waals surface area contributed by atoms with Gasteiger partial charge in [-0.3, -0.25) is 10.1 Å². The molecule has 1 aromatic rings. The van der Waals surface area contributed by atoms with Crippen LogP contribution in [0, 0.1) is 28.4 Å². The number of aryl methyl sites for hydroxylation is 1. The van der Waals surface area contributed by atoms with Gasteiger partial charge in [-0.2, -0.15) is 5.26 Å². The van der Waals surface area contributed by atoms with Crippen LogP contribution in [0.4, 0.5) is 11.4 Å². The molecule has 0 aliphatic rings. The molecule has 0 fully saturated rings. The lowest BCUT2D eigenvalue weighted by Crippen LogP contribution is -2.23. The van der Waals surface area contributed by atoms with E-state index in [-0.39, 0.29) is 10.6 Å². The molecule has 17 heavy (non-hydrogen) atoms. The molecule has 0 heterocycles. The number of hydrogen-bond donors (Lipinski definition) is 0. The van der Waals surface area contributed by atoms with Gasteiger partial charge in [-0.1, -0.05) is 0 Å². The number of nitro groups is 1. The number of nitro benzene ring substituents is 1. The van der Waals surface area contributed by atoms with Gasteiger partial charge >= 0.3 is 0 Å². The third kappa shape index (κ3) is 3.18. The van der Waals surface area contributed by atoms with Crippen LogP contribution in [0.1, 0.15) is 18.9 Å². The Morgan fingerprint density at radius 3 is 2.71 bits per heavy atom. The summed E-state index contributed by atoms with van der Waals surface area (Å²) < 4.78 is 0. The maximum atomic E-state index is 10.7. The fourth-order valence-corrected chi connectivity index (χ4v) is 1.70. The van der Waals surface area contributed by atoms with Gasteiger partial charge < -0.3 is 4.90 Å². The molecule has 0 aliphatic carbocycles. The van der Waals surface area contributed by atoms with Crippen molar-refractivity contribution in [2.75, 3.05) is 18.0 Å². The maximum Gasteiger partial charge on any atom is 0.272 e. The van der Waals surface area contributed by atoms with Crippen molar-refractivity contribution in [3.63, 3.8) is 0 Å². The molecule has 0 aromatic heterocycles. The van der Waals surface area contributed by atoms with Gasteiger partial charge in [-0.05, 0) is 26.0 Å². The van der Waals surface area contributed by atoms with E-state index < -0.39 is 0 Å². The second-order valence-electron chi connectivity index (χ2n) is 3.72. The first kappa shape index (κ1) is 13.0. The lowest BCUT2D eigenvalue weighted by atomic mass is 10.1. The van der Waals surface area contributed by atoms with E-state index in [9.17, 15) is 10.1 Å². The molecule has 0 saturated heterocycles. The van der Waals surface area contributed by atoms with Gasteiger partial charge in [0, 0.05) is 30.4 Å². The van der Waals surface area contributed by atoms with E-state index in [4.69, 9.17) is 5.26 Å². The highest BCUT2D eigenvalue weighted by atomic mass is 16.6. The van der Waals surface area contributed by atoms with Gasteiger partial charge in [0.05, 0.1) is 17.4 Å². The Hall–Kier alpha value is -2.09. The summed E-state index contributed by atoms with van der Waals surface area (Å²) >= 11 is 0. The van der Waals surface area contributed by atoms with Crippen molar-refractivity contribution in [1.82, 2.24) is 0 Å². The van der Waals surface area contributed by atoms with E-state index in [1.807, 2.05) is 11.8 Å². The summed E-state index contributed by atoms with van der Waals surface area (Å²) in [5, 5.41) is 19.3. The number of hydrogen-bond acceptors (Lipinski definition) is 4. The van der Waals surface area contributed by atoms with Crippen LogP contribution < -0.4 is 4.90 Å². The largest absolute Gasteiger partial charge is 0.371 e. The minimum Gasteiger partial charge on any atom is -0.371 e. The Morgan fingerprint density at radius 1 is 1.53 bits per heavy atom. The average Bonchev–Trinajstić information content (AvgIpc) is 2.29. The Morgan fingerprint density at radius 2 is 2.24 bits per heavy atom. The van der Waals surface area contributed by atoms with Crippen LogP contribution in [0.15, 0.2) is 18.2 Å². The van der Waals surface area contributed by atoms with Crippen LogP contribution in [-0.2, 0) is 0 Å². The zero-order chi connectivity index (χ0) is 12.8. The third-order valence-corrected chi connectivity index (χ3v) is 2.62. The van der Waals surface area contributed by atoms with Crippen molar-refractivity contribution in [1.29, 1.82) is 5.26 Å². The third-order valence-electron chi connectivity index (χ3n) is 2.62. The molecule has 1 aromatic carbocycles. The summed E-state index contributed by atoms with van der Waals surface area (Å²) in [4.78, 5) is 12.3. The molecular formula is C12H15N3O2. The molecule has 0 atom stereocenters. The SMILES string of the molecule is CCN(CCC#N)c1ccc([N+](=O)[O-])c(C)c1. The smallest absolute Gasteiger partial charge is 0.272 e. The number of nitrogens with zero attached hydrogens (tertiary/aromatic N) is 3. The highest BCUT2D eigenvalue weighted by Gasteiger charge is 2.12. The van der Waals surface area contributed by atoms with Gasteiger partial charge in [0.15, 0.2) is 0 Å². The van der Waals surface area contributed by atoms with Crippen LogP contribution in [0.3, 0.4) is 0 Å². The summed E-state index contributed by atoms with van der Waals surface area (Å²) in [5.74, 6) is 0. The van der Waals surface area contributed by atoms with Gasteiger partial charge in [0.1, 0.15) is 0 Å². The summed E-state index contributed by atoms with van der Waals surface area (Å²) in [6.07, 6.45) is 0.448. The zero-order valence-corrected chi connectivity index (χ0v) is 10.0. The molecule has 5 nitrogen and oxygen atoms in total. The standard InChI is InChI=1S/C12H15N3O2/c1-3-14(8-4-7-13)11-5-6-12(15(16)17)10(2)9-11/h5-6,9H,3-4,8H2,1-2H3. The van der Waals surface area contributed by atoms with Crippen LogP contribution in [0.25, 0.3) is 0 Å². The van der Waals surface area contributed by atoms with Gasteiger partial charge in [-0.15, -0.1) is 0 Å². The monoisotopic (exact) mass is 233 g/mol. The van der Waals surface area contributed by atoms with E-state index in [0.717, 1.165) is 12.2 Å². The minimum atomic E-state index is -0.384. The highest BCUT2D eigenvalue weighted by Crippen LogP contribution is 2.24. The fourth-order valence-electron chi connectivity index (χ4n) is 1.70. The molecule has 0 N–H and O–H groups in total. The van der Waals surface area contributed by atoms with Crippen LogP contribution >= 0.6 is 0 Å². The minimum absolute atomic E-state index is 0.130. The van der Waals surface area contributed by atoms with Crippen molar-refractivity contribution in [3.8, 4) is 6.07 Å². The number of nitriles is 1. The normalized spacial score (nSPS) is 9.71. The number of anilines is 1. The Labute approximate surface area is 100 Å². The molecule has 90 valence electrons. The molecule has 0 amide bonds. The van der Waals surface area contributed by atoms with Crippen LogP contribution in [0.5, 0.6) is 0 Å². The quantitative estimate of drug-likeness (QED) is 0.579. The molecule has 0 bridgehead atoms. The van der Waals surface area contributed by atoms with Crippen molar-refractivity contribution >= 4 is 11.4 Å². The first-order chi connectivity index (χ1) is 8.10. The summed E-state index contributed by atoms with van der Waals surface area (Å²) in [5.41, 5.74) is 1.69. The zero-order valence-electron chi connectivity index (χ0n) is 10.0. The maximum absolute atomic E-state index is 10.7. The lowest BCUT2D eigenvalue weighted by molar-refractivity contribution is -0.385. The topological polar surface area (TPSA) is 70.2 Å². The van der Waals surface area contributed by atoms with Crippen molar-refractivity contribution < 1.29 is 4.92 Å². The molecular weight excluding hydrogens is 218 g/mol. The first-order valence-corrected chi connectivity index (χ1v) is 5.47. The van der Waals surface area contributed by atoms with Crippen molar-refractivity contribution in [2.24, 2.45) is 0 Å². The highest BCUT2D eigenvalue weighted by molar-refractivity contribution is 5.55. The number of rotatable bonds is 5.